The molecule has 1 aromatic heterocycles. The van der Waals surface area contributed by atoms with Gasteiger partial charge in [0.1, 0.15) is 4.90 Å². The molecule has 114 valence electrons. The zero-order valence-electron chi connectivity index (χ0n) is 12.4. The molecule has 0 aliphatic heterocycles. The van der Waals surface area contributed by atoms with Crippen LogP contribution in [0.4, 0.5) is 5.69 Å². The van der Waals surface area contributed by atoms with Gasteiger partial charge in [-0.2, -0.15) is 5.10 Å². The Morgan fingerprint density at radius 3 is 2.38 bits per heavy atom. The van der Waals surface area contributed by atoms with Crippen molar-refractivity contribution in [1.29, 1.82) is 0 Å². The molecule has 2 rings (SSSR count). The molecule has 1 heterocycles. The van der Waals surface area contributed by atoms with Crippen LogP contribution in [0.5, 0.6) is 0 Å². The minimum Gasteiger partial charge on any atom is -0.276 e. The molecule has 0 amide bonds. The van der Waals surface area contributed by atoms with Gasteiger partial charge in [-0.15, -0.1) is 0 Å². The average molecular weight is 372 g/mol. The van der Waals surface area contributed by atoms with Gasteiger partial charge in [-0.3, -0.25) is 9.40 Å². The molecule has 0 atom stereocenters. The van der Waals surface area contributed by atoms with Crippen molar-refractivity contribution < 1.29 is 8.42 Å². The van der Waals surface area contributed by atoms with E-state index in [1.807, 2.05) is 25.5 Å². The molecule has 21 heavy (non-hydrogen) atoms. The highest BCUT2D eigenvalue weighted by molar-refractivity contribution is 9.10. The molecule has 1 aromatic carbocycles. The quantitative estimate of drug-likeness (QED) is 0.891. The zero-order valence-corrected chi connectivity index (χ0v) is 14.8. The van der Waals surface area contributed by atoms with E-state index in [1.54, 1.807) is 31.2 Å². The fourth-order valence-corrected chi connectivity index (χ4v) is 4.35. The number of sulfonamides is 1. The van der Waals surface area contributed by atoms with Crippen LogP contribution in [0.2, 0.25) is 0 Å². The molecule has 0 bridgehead atoms. The van der Waals surface area contributed by atoms with Gasteiger partial charge in [0.15, 0.2) is 0 Å². The fraction of sp³-hybridized carbons (Fsp3) is 0.357. The summed E-state index contributed by atoms with van der Waals surface area (Å²) >= 11 is 3.27. The Hall–Kier alpha value is -1.34. The van der Waals surface area contributed by atoms with Gasteiger partial charge in [-0.1, -0.05) is 12.1 Å². The maximum atomic E-state index is 12.5. The van der Waals surface area contributed by atoms with Crippen LogP contribution in [0.25, 0.3) is 0 Å². The molecule has 0 spiro atoms. The summed E-state index contributed by atoms with van der Waals surface area (Å²) in [5.74, 6) is 0. The van der Waals surface area contributed by atoms with E-state index < -0.39 is 10.0 Å². The van der Waals surface area contributed by atoms with Crippen molar-refractivity contribution in [2.45, 2.75) is 38.6 Å². The first-order valence-corrected chi connectivity index (χ1v) is 8.84. The van der Waals surface area contributed by atoms with Crippen molar-refractivity contribution in [2.24, 2.45) is 0 Å². The van der Waals surface area contributed by atoms with E-state index >= 15 is 0 Å². The third-order valence-electron chi connectivity index (χ3n) is 3.18. The minimum atomic E-state index is -3.65. The number of benzene rings is 1. The largest absolute Gasteiger partial charge is 0.276 e. The Labute approximate surface area is 133 Å². The maximum absolute atomic E-state index is 12.5. The van der Waals surface area contributed by atoms with Crippen molar-refractivity contribution in [2.75, 3.05) is 4.72 Å². The van der Waals surface area contributed by atoms with Gasteiger partial charge in [0.25, 0.3) is 10.0 Å². The molecule has 1 N–H and O–H groups in total. The Kier molecular flexibility index (Phi) is 4.43. The lowest BCUT2D eigenvalue weighted by molar-refractivity contribution is 0.516. The van der Waals surface area contributed by atoms with Crippen molar-refractivity contribution in [3.63, 3.8) is 0 Å². The van der Waals surface area contributed by atoms with E-state index in [4.69, 9.17) is 0 Å². The Morgan fingerprint density at radius 1 is 1.24 bits per heavy atom. The standard InChI is InChI=1S/C14H18BrN3O2S/c1-9(2)18-11(4)14(10(3)16-18)17-21(19,20)13-8-6-5-7-12(13)15/h5-9,17H,1-4H3. The van der Waals surface area contributed by atoms with Crippen LogP contribution in [0.3, 0.4) is 0 Å². The lowest BCUT2D eigenvalue weighted by Gasteiger charge is -2.11. The van der Waals surface area contributed by atoms with Crippen LogP contribution in [0.1, 0.15) is 31.3 Å². The Morgan fingerprint density at radius 2 is 1.86 bits per heavy atom. The Balaban J connectivity index is 2.45. The minimum absolute atomic E-state index is 0.172. The summed E-state index contributed by atoms with van der Waals surface area (Å²) in [6, 6.07) is 6.90. The normalized spacial score (nSPS) is 11.9. The first kappa shape index (κ1) is 16.0. The second kappa shape index (κ2) is 5.81. The summed E-state index contributed by atoms with van der Waals surface area (Å²) in [6.45, 7) is 7.67. The Bertz CT molecular complexity index is 767. The van der Waals surface area contributed by atoms with Crippen LogP contribution >= 0.6 is 15.9 Å². The highest BCUT2D eigenvalue weighted by Crippen LogP contribution is 2.28. The molecule has 2 aromatic rings. The van der Waals surface area contributed by atoms with Crippen LogP contribution in [-0.4, -0.2) is 18.2 Å². The topological polar surface area (TPSA) is 64.0 Å². The second-order valence-electron chi connectivity index (χ2n) is 5.12. The second-order valence-corrected chi connectivity index (χ2v) is 7.63. The molecule has 0 aliphatic rings. The summed E-state index contributed by atoms with van der Waals surface area (Å²) in [5.41, 5.74) is 2.01. The number of aryl methyl sites for hydroxylation is 1. The molecule has 0 radical (unpaired) electrons. The molecule has 7 heteroatoms. The van der Waals surface area contributed by atoms with E-state index in [2.05, 4.69) is 25.8 Å². The highest BCUT2D eigenvalue weighted by atomic mass is 79.9. The molecule has 0 unspecified atom stereocenters. The summed E-state index contributed by atoms with van der Waals surface area (Å²) in [7, 11) is -3.65. The number of halogens is 1. The van der Waals surface area contributed by atoms with Crippen LogP contribution in [0.15, 0.2) is 33.6 Å². The number of hydrogen-bond donors (Lipinski definition) is 1. The molecular weight excluding hydrogens is 354 g/mol. The van der Waals surface area contributed by atoms with Crippen LogP contribution in [-0.2, 0) is 10.0 Å². The van der Waals surface area contributed by atoms with Crippen molar-refractivity contribution >= 4 is 31.6 Å². The van der Waals surface area contributed by atoms with Gasteiger partial charge in [0.05, 0.1) is 17.1 Å². The molecule has 0 fully saturated rings. The molecular formula is C14H18BrN3O2S. The number of rotatable bonds is 4. The monoisotopic (exact) mass is 371 g/mol. The van der Waals surface area contributed by atoms with Gasteiger partial charge in [0, 0.05) is 10.5 Å². The maximum Gasteiger partial charge on any atom is 0.263 e. The predicted octanol–water partition coefficient (Wildman–Crippen LogP) is 3.64. The molecule has 0 aliphatic carbocycles. The third-order valence-corrected chi connectivity index (χ3v) is 5.54. The van der Waals surface area contributed by atoms with Gasteiger partial charge < -0.3 is 0 Å². The highest BCUT2D eigenvalue weighted by Gasteiger charge is 2.22. The SMILES string of the molecule is Cc1nn(C(C)C)c(C)c1NS(=O)(=O)c1ccccc1Br. The number of nitrogens with zero attached hydrogens (tertiary/aromatic N) is 2. The van der Waals surface area contributed by atoms with Gasteiger partial charge in [0.2, 0.25) is 0 Å². The van der Waals surface area contributed by atoms with Gasteiger partial charge in [-0.25, -0.2) is 8.42 Å². The number of hydrogen-bond acceptors (Lipinski definition) is 3. The van der Waals surface area contributed by atoms with Crippen molar-refractivity contribution in [3.05, 3.63) is 40.1 Å². The fourth-order valence-electron chi connectivity index (χ4n) is 2.17. The van der Waals surface area contributed by atoms with Crippen LogP contribution < -0.4 is 4.72 Å². The van der Waals surface area contributed by atoms with E-state index in [1.165, 1.54) is 0 Å². The smallest absolute Gasteiger partial charge is 0.263 e. The summed E-state index contributed by atoms with van der Waals surface area (Å²) in [5, 5.41) is 4.39. The average Bonchev–Trinajstić information content (AvgIpc) is 2.67. The summed E-state index contributed by atoms with van der Waals surface area (Å²) < 4.78 is 30.0. The van der Waals surface area contributed by atoms with E-state index in [0.29, 0.717) is 15.9 Å². The summed E-state index contributed by atoms with van der Waals surface area (Å²) in [4.78, 5) is 0.209. The first-order chi connectivity index (χ1) is 9.74. The molecule has 0 saturated heterocycles. The van der Waals surface area contributed by atoms with E-state index in [9.17, 15) is 8.42 Å². The number of anilines is 1. The van der Waals surface area contributed by atoms with E-state index in [-0.39, 0.29) is 10.9 Å². The predicted molar refractivity (Wildman–Crippen MR) is 87.0 cm³/mol. The van der Waals surface area contributed by atoms with Gasteiger partial charge in [-0.05, 0) is 55.8 Å². The third kappa shape index (κ3) is 3.13. The number of nitrogens with one attached hydrogen (secondary N) is 1. The number of aromatic nitrogens is 2. The van der Waals surface area contributed by atoms with Gasteiger partial charge >= 0.3 is 0 Å². The van der Waals surface area contributed by atoms with Crippen LogP contribution in [0, 0.1) is 13.8 Å². The lowest BCUT2D eigenvalue weighted by Crippen LogP contribution is -2.15. The summed E-state index contributed by atoms with van der Waals surface area (Å²) in [6.07, 6.45) is 0. The zero-order chi connectivity index (χ0) is 15.8. The van der Waals surface area contributed by atoms with E-state index in [0.717, 1.165) is 5.69 Å². The van der Waals surface area contributed by atoms with Crippen molar-refractivity contribution in [3.8, 4) is 0 Å². The lowest BCUT2D eigenvalue weighted by atomic mass is 10.3. The molecule has 5 nitrogen and oxygen atoms in total. The first-order valence-electron chi connectivity index (χ1n) is 6.57. The molecule has 0 saturated carbocycles. The van der Waals surface area contributed by atoms with Crippen molar-refractivity contribution in [1.82, 2.24) is 9.78 Å².